The van der Waals surface area contributed by atoms with Crippen molar-refractivity contribution in [1.29, 1.82) is 2.67 Å². The fraction of sp³-hybridized carbons (Fsp3) is 0.480. The molecule has 0 atom stereocenters. The van der Waals surface area contributed by atoms with Crippen LogP contribution >= 0.6 is 32.8 Å². The van der Waals surface area contributed by atoms with Gasteiger partial charge in [-0.3, -0.25) is 69.2 Å². The Labute approximate surface area is 797 Å². The van der Waals surface area contributed by atoms with Crippen molar-refractivity contribution in [1.82, 2.24) is 61.4 Å². The predicted molar refractivity (Wildman–Crippen MR) is 473 cm³/mol. The smallest absolute Gasteiger partial charge is 0.679 e. The van der Waals surface area contributed by atoms with E-state index in [0.29, 0.717) is 94.8 Å². The molecule has 4 aliphatic heterocycles. The second-order valence-corrected chi connectivity index (χ2v) is 26.8. The van der Waals surface area contributed by atoms with Gasteiger partial charge in [0.05, 0.1) is 61.3 Å². The van der Waals surface area contributed by atoms with Crippen molar-refractivity contribution in [2.24, 2.45) is 33.0 Å². The largest absolute Gasteiger partial charge is 1.00 e. The van der Waals surface area contributed by atoms with Gasteiger partial charge in [0.1, 0.15) is 11.6 Å². The fourth-order valence-electron chi connectivity index (χ4n) is 12.7. The zero-order valence-electron chi connectivity index (χ0n) is 73.8. The van der Waals surface area contributed by atoms with Crippen molar-refractivity contribution < 1.29 is 137 Å². The number of carboxylic acids is 2. The van der Waals surface area contributed by atoms with Crippen molar-refractivity contribution in [2.75, 3.05) is 107 Å². The number of carbonyl (C=O) groups excluding carboxylic acids is 3. The molecular weight excluding hydrogens is 1970 g/mol. The summed E-state index contributed by atoms with van der Waals surface area (Å²) in [5.41, 5.74) is 18.2. The van der Waals surface area contributed by atoms with Gasteiger partial charge in [0.2, 0.25) is 22.1 Å². The molecule has 4 aliphatic rings. The molecule has 4 saturated heterocycles. The van der Waals surface area contributed by atoms with Crippen molar-refractivity contribution in [3.8, 4) is 0 Å². The summed E-state index contributed by atoms with van der Waals surface area (Å²) in [6.45, 7) is 20.1. The Morgan fingerprint density at radius 2 is 0.823 bits per heavy atom. The third kappa shape index (κ3) is 40.0. The Hall–Kier alpha value is -11.2. The minimum Gasteiger partial charge on any atom is -0.679 e. The second kappa shape index (κ2) is 67.1. The van der Waals surface area contributed by atoms with Gasteiger partial charge >= 0.3 is 141 Å². The number of nitro groups is 4. The Morgan fingerprint density at radius 3 is 1.06 bits per heavy atom. The van der Waals surface area contributed by atoms with Crippen LogP contribution in [-0.4, -0.2) is 231 Å². The standard InChI is InChI=1S/2C19H19N5O4.C12H12N4O5.C6H2ClN3O3.C6H11NO2.C6H15N.C2H6N2.C2H6.CH2BNO2.CH3F.CH4.BClHN.ClH.NO3.Na.Pt/c2*25-17(4-1-13-5-9-20-10-6-13)14-7-11-23(12-8-14)15-2-3-16(24(26)27)19-18(15)21-28-22-19;17-12(18)7-3-5-15(6-4-7)8-1-2-9(16(19)20)11-10(8)13-21-14-11;7-3-1-2-4(10(11)12)6-5(3)8-13-9-6;8-6(9)5-1-3-7-4-2-5;1-4-7(5-2)6-3;3-1-2-4;1-2;2-3-1(4)5;1-2;;1-3-2;;2-1(3)4;;/h2*2-3,5-6,9-10,14H,1,4,7-8,11-12H2;1-2,7H,3-6H2,(H,17,18);1-2H;5,7H,1-4H2,(H,8,9);4-6H2,1-3H3;3-4H,1-2H2;1-2H3;2H,(H,4,5);1H3;1H4;1H;1H;;;/q;;;;;;-2;;;;;;;-1;2*+1/p-2/i;;;;;;;;2D;1D;;1D;;;;. The number of anilines is 3. The third-order valence-corrected chi connectivity index (χ3v) is 19.4. The number of pyridine rings is 2. The Balaban J connectivity index is 0.00000155. The van der Waals surface area contributed by atoms with Crippen LogP contribution in [0.1, 0.15) is 119 Å². The number of nitrogens with one attached hydrogen (secondary N) is 3. The number of aryl methyl sites for hydroxylation is 2. The zero-order valence-corrected chi connectivity index (χ0v) is 77.3. The summed E-state index contributed by atoms with van der Waals surface area (Å²) in [7, 11) is 4.85. The Kier molecular flexibility index (Phi) is 58.3. The van der Waals surface area contributed by atoms with Crippen LogP contribution in [0, 0.1) is 79.5 Å². The number of aliphatic carboxylic acids is 2. The number of Topliss-reactive ketones (excluding diaryl/α,β-unsaturated/α-hetero) is 2. The molecule has 0 radical (unpaired) electrons. The van der Waals surface area contributed by atoms with Crippen molar-refractivity contribution in [2.45, 2.75) is 119 Å². The number of carboxylic acid groups (broad SMARTS) is 3. The summed E-state index contributed by atoms with van der Waals surface area (Å²) in [5.74, 6) is -1.56. The molecule has 1 amide bonds. The number of halogens is 4. The number of nitro benzene ring substituents is 4. The number of non-ortho nitro benzene ring substituents is 4. The number of benzene rings is 4. The van der Waals surface area contributed by atoms with E-state index in [1.807, 2.05) is 43.0 Å². The van der Waals surface area contributed by atoms with Gasteiger partial charge in [-0.05, 0) is 198 Å². The maximum Gasteiger partial charge on any atom is 1.00 e. The Morgan fingerprint density at radius 1 is 0.538 bits per heavy atom. The van der Waals surface area contributed by atoms with E-state index < -0.39 is 50.0 Å². The van der Waals surface area contributed by atoms with E-state index in [2.05, 4.69) is 132 Å². The molecule has 0 spiro atoms. The van der Waals surface area contributed by atoms with Crippen LogP contribution in [0.25, 0.3) is 55.6 Å². The quantitative estimate of drug-likeness (QED) is 0.0342. The van der Waals surface area contributed by atoms with E-state index in [9.17, 15) is 73.9 Å². The number of carbonyl (C=O) groups is 5. The van der Waals surface area contributed by atoms with Crippen LogP contribution in [0.15, 0.2) is 125 Å². The molecule has 6 aromatic heterocycles. The molecule has 130 heavy (non-hydrogen) atoms. The number of aromatic nitrogens is 10. The maximum atomic E-state index is 12.6. The normalized spacial score (nSPS) is 13.5. The summed E-state index contributed by atoms with van der Waals surface area (Å²) in [6.07, 6.45) is 13.6. The number of fused-ring (bicyclic) bond motifs is 4. The van der Waals surface area contributed by atoms with E-state index in [1.54, 1.807) is 61.8 Å². The summed E-state index contributed by atoms with van der Waals surface area (Å²) < 4.78 is 48.8. The van der Waals surface area contributed by atoms with E-state index >= 15 is 0 Å². The van der Waals surface area contributed by atoms with Gasteiger partial charge in [0.25, 0.3) is 0 Å². The monoisotopic (exact) mass is 2070 g/mol. The van der Waals surface area contributed by atoms with E-state index in [4.69, 9.17) is 61.9 Å². The molecular formula is C75H99B2Cl3FN24NaO23Pt-3. The number of amides is 1. The number of hydrogen-bond acceptors (Lipinski definition) is 37. The molecule has 0 aliphatic carbocycles. The minimum atomic E-state index is -1.75. The first-order valence-corrected chi connectivity index (χ1v) is 42.4. The van der Waals surface area contributed by atoms with Crippen LogP contribution in [0.3, 0.4) is 0 Å². The number of alkyl halides is 1. The van der Waals surface area contributed by atoms with Crippen molar-refractivity contribution in [3.63, 3.8) is 0 Å². The summed E-state index contributed by atoms with van der Waals surface area (Å²) in [6, 6.07) is 19.5. The predicted octanol–water partition coefficient (Wildman–Crippen LogP) is 9.95. The first-order valence-electron chi connectivity index (χ1n) is 40.7. The number of nitrogens with zero attached hydrogens (tertiary/aromatic N) is 21. The number of piperidine rings is 4. The SMILES string of the molecule is C.CC.CCN(CC)CC.O=C(CCc1ccncc1)C1CCN(c2ccc([N+](=O)[O-])c3nonc23)CC1.O=C(CCc1ccncc1)C1CCN(c2ccc([N+](=O)[O-])c3nonc23)CC1.O=C(O)C1CCN(c2ccc([N+](=O)[O-])c3nonc23)CC1.O=C([O-])C1CCNCC1.O=[N+]([O-])[O-].O=[N+]([O-])c1ccc(Cl)c2nonc12.[2H]B=NC(=O)O.[2H]B=NCl.[2H]CF.[Cl][Pt].[NH-]CC[NH-].[Na+]. The zero-order chi connectivity index (χ0) is 97.9. The first-order chi connectivity index (χ1) is 62.9. The molecule has 4 aromatic carbocycles. The minimum absolute atomic E-state index is 0. The van der Waals surface area contributed by atoms with Crippen LogP contribution in [0.2, 0.25) is 5.02 Å². The molecule has 705 valence electrons. The van der Waals surface area contributed by atoms with Crippen LogP contribution < -0.4 is 54.7 Å². The average Bonchev–Trinajstić information content (AvgIpc) is 1.67. The average molecular weight is 2070 g/mol. The van der Waals surface area contributed by atoms with Gasteiger partial charge in [-0.1, -0.05) is 53.6 Å². The van der Waals surface area contributed by atoms with Crippen LogP contribution in [-0.2, 0) is 50.8 Å². The van der Waals surface area contributed by atoms with Gasteiger partial charge in [-0.25, -0.2) is 18.5 Å². The Bertz CT molecular complexity index is 5020. The second-order valence-electron chi connectivity index (χ2n) is 26.2. The summed E-state index contributed by atoms with van der Waals surface area (Å²) in [4.78, 5) is 124. The van der Waals surface area contributed by atoms with Gasteiger partial charge < -0.3 is 66.7 Å². The molecule has 5 N–H and O–H groups in total. The molecule has 4 fully saturated rings. The van der Waals surface area contributed by atoms with Gasteiger partial charge in [0.15, 0.2) is 22.1 Å². The van der Waals surface area contributed by atoms with Crippen molar-refractivity contribution in [3.05, 3.63) is 181 Å². The van der Waals surface area contributed by atoms with Gasteiger partial charge in [0, 0.05) is 125 Å². The number of hydrogen-bond donors (Lipinski definition) is 3. The van der Waals surface area contributed by atoms with Gasteiger partial charge in [-0.2, -0.15) is 13.1 Å². The maximum absolute atomic E-state index is 12.6. The van der Waals surface area contributed by atoms with E-state index in [-0.39, 0.29) is 141 Å². The summed E-state index contributed by atoms with van der Waals surface area (Å²) in [5, 5.41) is 118. The molecule has 0 bridgehead atoms. The van der Waals surface area contributed by atoms with Crippen LogP contribution in [0.4, 0.5) is 49.0 Å². The first kappa shape index (κ1) is 113. The fourth-order valence-corrected chi connectivity index (χ4v) is 12.9. The van der Waals surface area contributed by atoms with Gasteiger partial charge in [-0.15, -0.1) is 0 Å². The van der Waals surface area contributed by atoms with E-state index in [0.717, 1.165) is 94.6 Å². The molecule has 10 aromatic rings. The number of ketones is 2. The number of rotatable bonds is 21. The van der Waals surface area contributed by atoms with Crippen LogP contribution in [0.5, 0.6) is 0 Å². The third-order valence-electron chi connectivity index (χ3n) is 19.1. The topological polar surface area (TPSA) is 666 Å². The molecule has 47 nitrogen and oxygen atoms in total. The molecule has 0 saturated carbocycles. The molecule has 55 heteroatoms. The molecule has 14 rings (SSSR count). The molecule has 0 unspecified atom stereocenters. The van der Waals surface area contributed by atoms with Crippen molar-refractivity contribution >= 4 is 162 Å². The summed E-state index contributed by atoms with van der Waals surface area (Å²) >= 11 is 11.9. The van der Waals surface area contributed by atoms with E-state index in [1.165, 1.54) is 50.0 Å². The molecule has 10 heterocycles.